The third kappa shape index (κ3) is 1.58. The largest absolute Gasteiger partial charge is 0.296 e. The van der Waals surface area contributed by atoms with Crippen LogP contribution in [0.25, 0.3) is 27.0 Å². The van der Waals surface area contributed by atoms with E-state index in [1.54, 1.807) is 17.5 Å². The number of aldehydes is 1. The molecule has 0 bridgehead atoms. The van der Waals surface area contributed by atoms with Gasteiger partial charge >= 0.3 is 0 Å². The summed E-state index contributed by atoms with van der Waals surface area (Å²) in [5.74, 6) is 0. The average Bonchev–Trinajstić information content (AvgIpc) is 3.08. The van der Waals surface area contributed by atoms with Crippen molar-refractivity contribution in [2.45, 2.75) is 0 Å². The zero-order chi connectivity index (χ0) is 13.5. The number of thiazole rings is 1. The summed E-state index contributed by atoms with van der Waals surface area (Å²) in [6.07, 6.45) is 2.46. The van der Waals surface area contributed by atoms with Crippen molar-refractivity contribution in [3.8, 4) is 11.3 Å². The number of imidazole rings is 1. The van der Waals surface area contributed by atoms with E-state index in [4.69, 9.17) is 0 Å². The molecule has 4 heteroatoms. The van der Waals surface area contributed by atoms with Crippen molar-refractivity contribution in [1.29, 1.82) is 0 Å². The quantitative estimate of drug-likeness (QED) is 0.519. The molecule has 0 spiro atoms. The summed E-state index contributed by atoms with van der Waals surface area (Å²) in [5, 5.41) is 4.44. The number of nitrogens with zero attached hydrogens (tertiary/aromatic N) is 2. The molecule has 0 aliphatic carbocycles. The first kappa shape index (κ1) is 11.4. The van der Waals surface area contributed by atoms with Crippen LogP contribution in [0, 0.1) is 0 Å². The maximum absolute atomic E-state index is 11.1. The normalized spacial score (nSPS) is 11.2. The Labute approximate surface area is 119 Å². The number of hydrogen-bond acceptors (Lipinski definition) is 3. The third-order valence-electron chi connectivity index (χ3n) is 3.44. The zero-order valence-corrected chi connectivity index (χ0v) is 11.3. The number of benzene rings is 2. The molecule has 0 amide bonds. The first-order chi connectivity index (χ1) is 9.86. The number of hydrogen-bond donors (Lipinski definition) is 0. The maximum atomic E-state index is 11.1. The molecule has 20 heavy (non-hydrogen) atoms. The summed E-state index contributed by atoms with van der Waals surface area (Å²) >= 11 is 1.54. The Morgan fingerprint density at radius 1 is 1.10 bits per heavy atom. The summed E-state index contributed by atoms with van der Waals surface area (Å²) in [5.41, 5.74) is 2.69. The Bertz CT molecular complexity index is 936. The lowest BCUT2D eigenvalue weighted by Gasteiger charge is -2.03. The van der Waals surface area contributed by atoms with Crippen LogP contribution < -0.4 is 0 Å². The number of carbonyl (C=O) groups excluding carboxylic acids is 1. The number of aromatic nitrogens is 2. The van der Waals surface area contributed by atoms with Gasteiger partial charge in [0.15, 0.2) is 11.2 Å². The molecule has 0 saturated heterocycles. The lowest BCUT2D eigenvalue weighted by Crippen LogP contribution is -1.91. The van der Waals surface area contributed by atoms with E-state index >= 15 is 0 Å². The van der Waals surface area contributed by atoms with Gasteiger partial charge in [0, 0.05) is 10.9 Å². The summed E-state index contributed by atoms with van der Waals surface area (Å²) in [6.45, 7) is 0. The van der Waals surface area contributed by atoms with Crippen LogP contribution in [0.15, 0.2) is 54.0 Å². The van der Waals surface area contributed by atoms with Gasteiger partial charge in [0.25, 0.3) is 0 Å². The van der Waals surface area contributed by atoms with Crippen LogP contribution in [0.1, 0.15) is 10.5 Å². The summed E-state index contributed by atoms with van der Waals surface area (Å²) in [6, 6.07) is 14.6. The molecule has 96 valence electrons. The Morgan fingerprint density at radius 3 is 2.80 bits per heavy atom. The Balaban J connectivity index is 2.00. The Morgan fingerprint density at radius 2 is 1.95 bits per heavy atom. The molecule has 0 atom stereocenters. The van der Waals surface area contributed by atoms with Gasteiger partial charge in [0.05, 0.1) is 11.9 Å². The fourth-order valence-corrected chi connectivity index (χ4v) is 3.34. The van der Waals surface area contributed by atoms with Gasteiger partial charge < -0.3 is 0 Å². The standard InChI is InChI=1S/C16H10N2OS/c19-9-14-8-17-16-18(14)15(10-20-16)13-6-5-11-3-1-2-4-12(11)7-13/h1-10H. The second-order valence-corrected chi connectivity index (χ2v) is 5.44. The summed E-state index contributed by atoms with van der Waals surface area (Å²) in [7, 11) is 0. The fourth-order valence-electron chi connectivity index (χ4n) is 2.46. The van der Waals surface area contributed by atoms with Crippen molar-refractivity contribution in [3.05, 3.63) is 59.7 Å². The van der Waals surface area contributed by atoms with Crippen LogP contribution in [-0.4, -0.2) is 15.7 Å². The Kier molecular flexibility index (Phi) is 2.44. The van der Waals surface area contributed by atoms with Gasteiger partial charge in [-0.05, 0) is 16.8 Å². The van der Waals surface area contributed by atoms with Crippen molar-refractivity contribution >= 4 is 33.4 Å². The van der Waals surface area contributed by atoms with Gasteiger partial charge in [0.1, 0.15) is 5.69 Å². The summed E-state index contributed by atoms with van der Waals surface area (Å²) in [4.78, 5) is 16.2. The van der Waals surface area contributed by atoms with Crippen LogP contribution in [0.4, 0.5) is 0 Å². The molecule has 0 radical (unpaired) electrons. The molecule has 0 aliphatic heterocycles. The lowest BCUT2D eigenvalue weighted by molar-refractivity contribution is 0.111. The first-order valence-electron chi connectivity index (χ1n) is 6.26. The monoisotopic (exact) mass is 278 g/mol. The lowest BCUT2D eigenvalue weighted by atomic mass is 10.1. The second-order valence-electron chi connectivity index (χ2n) is 4.60. The number of rotatable bonds is 2. The van der Waals surface area contributed by atoms with E-state index in [-0.39, 0.29) is 0 Å². The minimum atomic E-state index is 0.587. The first-order valence-corrected chi connectivity index (χ1v) is 7.14. The highest BCUT2D eigenvalue weighted by Gasteiger charge is 2.11. The predicted molar refractivity (Wildman–Crippen MR) is 81.4 cm³/mol. The molecule has 0 N–H and O–H groups in total. The molecule has 3 nitrogen and oxygen atoms in total. The van der Waals surface area contributed by atoms with E-state index in [1.807, 2.05) is 21.9 Å². The van der Waals surface area contributed by atoms with Crippen LogP contribution in [0.5, 0.6) is 0 Å². The van der Waals surface area contributed by atoms with Crippen LogP contribution >= 0.6 is 11.3 Å². The van der Waals surface area contributed by atoms with Crippen LogP contribution in [0.2, 0.25) is 0 Å². The molecule has 0 saturated carbocycles. The van der Waals surface area contributed by atoms with Gasteiger partial charge in [-0.25, -0.2) is 4.98 Å². The highest BCUT2D eigenvalue weighted by Crippen LogP contribution is 2.29. The van der Waals surface area contributed by atoms with E-state index in [0.29, 0.717) is 5.69 Å². The van der Waals surface area contributed by atoms with Crippen molar-refractivity contribution in [2.75, 3.05) is 0 Å². The van der Waals surface area contributed by atoms with Gasteiger partial charge in [0.2, 0.25) is 0 Å². The van der Waals surface area contributed by atoms with E-state index in [0.717, 1.165) is 22.5 Å². The van der Waals surface area contributed by atoms with Gasteiger partial charge in [-0.1, -0.05) is 36.4 Å². The molecule has 4 rings (SSSR count). The van der Waals surface area contributed by atoms with E-state index in [2.05, 4.69) is 35.3 Å². The molecule has 0 fully saturated rings. The molecule has 0 aliphatic rings. The molecular weight excluding hydrogens is 268 g/mol. The average molecular weight is 278 g/mol. The van der Waals surface area contributed by atoms with E-state index < -0.39 is 0 Å². The van der Waals surface area contributed by atoms with Gasteiger partial charge in [-0.15, -0.1) is 11.3 Å². The minimum absolute atomic E-state index is 0.587. The summed E-state index contributed by atoms with van der Waals surface area (Å²) < 4.78 is 1.90. The van der Waals surface area contributed by atoms with Crippen LogP contribution in [0.3, 0.4) is 0 Å². The molecule has 2 heterocycles. The SMILES string of the molecule is O=Cc1cnc2scc(-c3ccc4ccccc4c3)n12. The van der Waals surface area contributed by atoms with Gasteiger partial charge in [-0.3, -0.25) is 9.20 Å². The molecule has 2 aromatic carbocycles. The molecular formula is C16H10N2OS. The molecule has 0 unspecified atom stereocenters. The van der Waals surface area contributed by atoms with E-state index in [1.165, 1.54) is 10.8 Å². The number of fused-ring (bicyclic) bond motifs is 2. The van der Waals surface area contributed by atoms with Crippen molar-refractivity contribution in [2.24, 2.45) is 0 Å². The highest BCUT2D eigenvalue weighted by atomic mass is 32.1. The smallest absolute Gasteiger partial charge is 0.194 e. The third-order valence-corrected chi connectivity index (χ3v) is 4.28. The molecule has 4 aromatic rings. The topological polar surface area (TPSA) is 34.4 Å². The molecule has 2 aromatic heterocycles. The van der Waals surface area contributed by atoms with Crippen molar-refractivity contribution < 1.29 is 4.79 Å². The predicted octanol–water partition coefficient (Wildman–Crippen LogP) is 4.03. The maximum Gasteiger partial charge on any atom is 0.194 e. The van der Waals surface area contributed by atoms with Gasteiger partial charge in [-0.2, -0.15) is 0 Å². The Hall–Kier alpha value is -2.46. The fraction of sp³-hybridized carbons (Fsp3) is 0. The van der Waals surface area contributed by atoms with Crippen molar-refractivity contribution in [3.63, 3.8) is 0 Å². The highest BCUT2D eigenvalue weighted by molar-refractivity contribution is 7.15. The van der Waals surface area contributed by atoms with Crippen molar-refractivity contribution in [1.82, 2.24) is 9.38 Å². The van der Waals surface area contributed by atoms with E-state index in [9.17, 15) is 4.79 Å². The second kappa shape index (κ2) is 4.28. The van der Waals surface area contributed by atoms with Crippen LogP contribution in [-0.2, 0) is 0 Å². The zero-order valence-electron chi connectivity index (χ0n) is 10.5. The number of carbonyl (C=O) groups is 1. The minimum Gasteiger partial charge on any atom is -0.296 e.